The summed E-state index contributed by atoms with van der Waals surface area (Å²) in [6.45, 7) is 4.83. The van der Waals surface area contributed by atoms with E-state index in [1.807, 2.05) is 68.4 Å². The molecule has 0 saturated carbocycles. The van der Waals surface area contributed by atoms with Crippen molar-refractivity contribution in [2.45, 2.75) is 20.5 Å². The van der Waals surface area contributed by atoms with E-state index in [0.29, 0.717) is 36.0 Å². The quantitative estimate of drug-likeness (QED) is 0.470. The van der Waals surface area contributed by atoms with Crippen molar-refractivity contribution in [2.75, 3.05) is 13.7 Å². The molecule has 0 aliphatic carbocycles. The largest absolute Gasteiger partial charge is 0.497 e. The summed E-state index contributed by atoms with van der Waals surface area (Å²) in [5, 5.41) is 0. The zero-order valence-electron chi connectivity index (χ0n) is 17.8. The van der Waals surface area contributed by atoms with Gasteiger partial charge in [0, 0.05) is 5.56 Å². The summed E-state index contributed by atoms with van der Waals surface area (Å²) in [5.74, 6) is 2.96. The molecular weight excluding hydrogens is 392 g/mol. The number of allylic oxidation sites excluding steroid dienone is 1. The average Bonchev–Trinajstić information content (AvgIpc) is 3.11. The van der Waals surface area contributed by atoms with Gasteiger partial charge in [-0.2, -0.15) is 0 Å². The van der Waals surface area contributed by atoms with Crippen LogP contribution in [0.5, 0.6) is 23.0 Å². The molecule has 0 spiro atoms. The van der Waals surface area contributed by atoms with Crippen LogP contribution in [0.2, 0.25) is 0 Å². The Morgan fingerprint density at radius 3 is 2.52 bits per heavy atom. The number of fused-ring (bicyclic) bond motifs is 1. The second kappa shape index (κ2) is 8.96. The van der Waals surface area contributed by atoms with Crippen LogP contribution >= 0.6 is 0 Å². The van der Waals surface area contributed by atoms with E-state index >= 15 is 0 Å². The van der Waals surface area contributed by atoms with Crippen LogP contribution < -0.4 is 18.9 Å². The summed E-state index contributed by atoms with van der Waals surface area (Å²) < 4.78 is 22.6. The molecular formula is C26H24O5. The van der Waals surface area contributed by atoms with Crippen LogP contribution in [0.1, 0.15) is 34.0 Å². The first-order valence-corrected chi connectivity index (χ1v) is 10.2. The summed E-state index contributed by atoms with van der Waals surface area (Å²) in [6.07, 6.45) is 1.74. The lowest BCUT2D eigenvalue weighted by atomic mass is 10.1. The van der Waals surface area contributed by atoms with Gasteiger partial charge in [0.2, 0.25) is 5.78 Å². The Kier molecular flexibility index (Phi) is 5.94. The first kappa shape index (κ1) is 20.5. The van der Waals surface area contributed by atoms with Crippen LogP contribution in [-0.2, 0) is 6.61 Å². The van der Waals surface area contributed by atoms with E-state index in [1.54, 1.807) is 19.3 Å². The number of Topliss-reactive ketones (excluding diaryl/α,β-unsaturated/α-hetero) is 1. The van der Waals surface area contributed by atoms with Gasteiger partial charge < -0.3 is 18.9 Å². The van der Waals surface area contributed by atoms with Crippen LogP contribution in [0, 0.1) is 6.92 Å². The zero-order chi connectivity index (χ0) is 21.8. The maximum Gasteiger partial charge on any atom is 0.231 e. The number of hydrogen-bond donors (Lipinski definition) is 0. The highest BCUT2D eigenvalue weighted by atomic mass is 16.5. The number of ketones is 1. The third-order valence-corrected chi connectivity index (χ3v) is 5.05. The lowest BCUT2D eigenvalue weighted by Crippen LogP contribution is -1.99. The molecule has 3 aromatic rings. The molecule has 1 heterocycles. The molecule has 5 nitrogen and oxygen atoms in total. The molecule has 1 aliphatic heterocycles. The first-order chi connectivity index (χ1) is 15.1. The van der Waals surface area contributed by atoms with Crippen molar-refractivity contribution in [3.63, 3.8) is 0 Å². The average molecular weight is 416 g/mol. The maximum atomic E-state index is 12.8. The molecule has 5 heteroatoms. The van der Waals surface area contributed by atoms with Crippen molar-refractivity contribution in [1.29, 1.82) is 0 Å². The summed E-state index contributed by atoms with van der Waals surface area (Å²) in [6, 6.07) is 18.8. The van der Waals surface area contributed by atoms with Crippen molar-refractivity contribution in [3.05, 3.63) is 88.7 Å². The fraction of sp³-hybridized carbons (Fsp3) is 0.192. The van der Waals surface area contributed by atoms with Gasteiger partial charge in [0.05, 0.1) is 19.3 Å². The van der Waals surface area contributed by atoms with Crippen LogP contribution in [0.3, 0.4) is 0 Å². The van der Waals surface area contributed by atoms with E-state index in [2.05, 4.69) is 0 Å². The zero-order valence-corrected chi connectivity index (χ0v) is 17.8. The minimum absolute atomic E-state index is 0.133. The van der Waals surface area contributed by atoms with Crippen molar-refractivity contribution < 1.29 is 23.7 Å². The predicted octanol–water partition coefficient (Wildman–Crippen LogP) is 5.60. The number of hydrogen-bond acceptors (Lipinski definition) is 5. The summed E-state index contributed by atoms with van der Waals surface area (Å²) >= 11 is 0. The minimum Gasteiger partial charge on any atom is -0.497 e. The molecule has 0 radical (unpaired) electrons. The van der Waals surface area contributed by atoms with Gasteiger partial charge in [-0.15, -0.1) is 0 Å². The Bertz CT molecular complexity index is 1130. The highest BCUT2D eigenvalue weighted by Gasteiger charge is 2.30. The molecule has 0 aromatic heterocycles. The number of carbonyl (C=O) groups is 1. The molecule has 1 aliphatic rings. The number of carbonyl (C=O) groups excluding carboxylic acids is 1. The van der Waals surface area contributed by atoms with E-state index in [0.717, 1.165) is 28.2 Å². The molecule has 158 valence electrons. The van der Waals surface area contributed by atoms with Gasteiger partial charge in [0.15, 0.2) is 5.76 Å². The SMILES string of the molecule is CCOc1ccc(/C=C2\Oc3c(ccc(OCc4cccc(OC)c4)c3C)C2=O)cc1. The number of benzene rings is 3. The standard InChI is InChI=1S/C26H24O5/c1-4-29-20-10-8-18(9-11-20)15-24-25(27)22-12-13-23(17(2)26(22)31-24)30-16-19-6-5-7-21(14-19)28-3/h5-15H,4,16H2,1-3H3/b24-15-. The van der Waals surface area contributed by atoms with E-state index in [9.17, 15) is 4.79 Å². The van der Waals surface area contributed by atoms with E-state index < -0.39 is 0 Å². The monoisotopic (exact) mass is 416 g/mol. The van der Waals surface area contributed by atoms with Crippen molar-refractivity contribution >= 4 is 11.9 Å². The van der Waals surface area contributed by atoms with Crippen LogP contribution in [-0.4, -0.2) is 19.5 Å². The Morgan fingerprint density at radius 1 is 0.968 bits per heavy atom. The maximum absolute atomic E-state index is 12.8. The Hall–Kier alpha value is -3.73. The predicted molar refractivity (Wildman–Crippen MR) is 119 cm³/mol. The van der Waals surface area contributed by atoms with Crippen molar-refractivity contribution in [3.8, 4) is 23.0 Å². The summed E-state index contributed by atoms with van der Waals surface area (Å²) in [5.41, 5.74) is 3.20. The lowest BCUT2D eigenvalue weighted by molar-refractivity contribution is 0.101. The molecule has 3 aromatic carbocycles. The van der Waals surface area contributed by atoms with E-state index in [4.69, 9.17) is 18.9 Å². The van der Waals surface area contributed by atoms with Gasteiger partial charge in [0.1, 0.15) is 29.6 Å². The van der Waals surface area contributed by atoms with Crippen molar-refractivity contribution in [2.24, 2.45) is 0 Å². The second-order valence-electron chi connectivity index (χ2n) is 7.15. The van der Waals surface area contributed by atoms with Gasteiger partial charge in [-0.05, 0) is 67.4 Å². The molecule has 0 saturated heterocycles. The molecule has 4 rings (SSSR count). The third kappa shape index (κ3) is 4.40. The minimum atomic E-state index is -0.133. The Morgan fingerprint density at radius 2 is 1.77 bits per heavy atom. The van der Waals surface area contributed by atoms with Crippen LogP contribution in [0.15, 0.2) is 66.4 Å². The van der Waals surface area contributed by atoms with Gasteiger partial charge in [-0.3, -0.25) is 4.79 Å². The molecule has 0 amide bonds. The normalized spacial score (nSPS) is 13.6. The van der Waals surface area contributed by atoms with Gasteiger partial charge in [-0.1, -0.05) is 24.3 Å². The lowest BCUT2D eigenvalue weighted by Gasteiger charge is -2.12. The molecule has 0 bridgehead atoms. The topological polar surface area (TPSA) is 54.0 Å². The fourth-order valence-electron chi connectivity index (χ4n) is 3.43. The molecule has 0 atom stereocenters. The van der Waals surface area contributed by atoms with Crippen molar-refractivity contribution in [1.82, 2.24) is 0 Å². The molecule has 0 unspecified atom stereocenters. The van der Waals surface area contributed by atoms with E-state index in [-0.39, 0.29) is 5.78 Å². The second-order valence-corrected chi connectivity index (χ2v) is 7.15. The Balaban J connectivity index is 1.52. The number of rotatable bonds is 7. The van der Waals surface area contributed by atoms with Gasteiger partial charge in [-0.25, -0.2) is 0 Å². The Labute approximate surface area is 181 Å². The van der Waals surface area contributed by atoms with Crippen LogP contribution in [0.25, 0.3) is 6.08 Å². The highest BCUT2D eigenvalue weighted by molar-refractivity contribution is 6.14. The van der Waals surface area contributed by atoms with Gasteiger partial charge >= 0.3 is 0 Å². The number of methoxy groups -OCH3 is 1. The van der Waals surface area contributed by atoms with Crippen LogP contribution in [0.4, 0.5) is 0 Å². The molecule has 0 fully saturated rings. The third-order valence-electron chi connectivity index (χ3n) is 5.05. The summed E-state index contributed by atoms with van der Waals surface area (Å²) in [7, 11) is 1.64. The highest BCUT2D eigenvalue weighted by Crippen LogP contribution is 2.39. The molecule has 31 heavy (non-hydrogen) atoms. The smallest absolute Gasteiger partial charge is 0.231 e. The molecule has 0 N–H and O–H groups in total. The summed E-state index contributed by atoms with van der Waals surface area (Å²) in [4.78, 5) is 12.8. The fourth-order valence-corrected chi connectivity index (χ4v) is 3.43. The van der Waals surface area contributed by atoms with E-state index in [1.165, 1.54) is 0 Å². The first-order valence-electron chi connectivity index (χ1n) is 10.2. The van der Waals surface area contributed by atoms with Gasteiger partial charge in [0.25, 0.3) is 0 Å². The number of ether oxygens (including phenoxy) is 4.